The van der Waals surface area contributed by atoms with Crippen molar-refractivity contribution in [1.29, 1.82) is 0 Å². The van der Waals surface area contributed by atoms with Crippen molar-refractivity contribution in [2.75, 3.05) is 6.61 Å². The van der Waals surface area contributed by atoms with E-state index in [1.807, 2.05) is 6.92 Å². The molecule has 0 heterocycles. The first kappa shape index (κ1) is 14.0. The van der Waals surface area contributed by atoms with E-state index in [0.29, 0.717) is 5.92 Å². The van der Waals surface area contributed by atoms with Crippen LogP contribution in [0.5, 0.6) is 5.75 Å². The third kappa shape index (κ3) is 4.31. The van der Waals surface area contributed by atoms with Crippen LogP contribution in [0.15, 0.2) is 24.3 Å². The third-order valence-corrected chi connectivity index (χ3v) is 4.16. The highest BCUT2D eigenvalue weighted by Crippen LogP contribution is 2.31. The lowest BCUT2D eigenvalue weighted by atomic mass is 9.80. The van der Waals surface area contributed by atoms with Gasteiger partial charge < -0.3 is 4.74 Å². The highest BCUT2D eigenvalue weighted by Gasteiger charge is 2.19. The van der Waals surface area contributed by atoms with Crippen molar-refractivity contribution in [3.8, 4) is 18.1 Å². The van der Waals surface area contributed by atoms with E-state index in [-0.39, 0.29) is 0 Å². The Bertz CT molecular complexity index is 404. The molecule has 2 rings (SSSR count). The second-order valence-corrected chi connectivity index (χ2v) is 5.50. The summed E-state index contributed by atoms with van der Waals surface area (Å²) in [5.74, 6) is 5.29. The van der Waals surface area contributed by atoms with Gasteiger partial charge in [-0.3, -0.25) is 0 Å². The van der Waals surface area contributed by atoms with Crippen LogP contribution < -0.4 is 4.74 Å². The number of terminal acetylenes is 1. The van der Waals surface area contributed by atoms with Crippen LogP contribution in [0.25, 0.3) is 0 Å². The smallest absolute Gasteiger partial charge is 0.119 e. The van der Waals surface area contributed by atoms with Crippen molar-refractivity contribution in [3.63, 3.8) is 0 Å². The largest absolute Gasteiger partial charge is 0.494 e. The van der Waals surface area contributed by atoms with E-state index >= 15 is 0 Å². The number of hydrogen-bond acceptors (Lipinski definition) is 1. The molecule has 0 N–H and O–H groups in total. The lowest BCUT2D eigenvalue weighted by Gasteiger charge is -2.25. The Balaban J connectivity index is 1.75. The molecule has 0 aliphatic heterocycles. The van der Waals surface area contributed by atoms with Gasteiger partial charge in [-0.1, -0.05) is 12.1 Å². The molecule has 0 unspecified atom stereocenters. The van der Waals surface area contributed by atoms with Gasteiger partial charge in [0, 0.05) is 5.92 Å². The summed E-state index contributed by atoms with van der Waals surface area (Å²) in [7, 11) is 0. The first-order chi connectivity index (χ1) is 9.31. The van der Waals surface area contributed by atoms with Crippen molar-refractivity contribution in [2.45, 2.75) is 45.4 Å². The monoisotopic (exact) mass is 256 g/mol. The Hall–Kier alpha value is -1.42. The normalized spacial score (nSPS) is 22.7. The molecule has 1 aliphatic carbocycles. The number of hydrogen-bond donors (Lipinski definition) is 0. The van der Waals surface area contributed by atoms with Gasteiger partial charge in [-0.25, -0.2) is 0 Å². The first-order valence-corrected chi connectivity index (χ1v) is 7.49. The van der Waals surface area contributed by atoms with Crippen molar-refractivity contribution in [3.05, 3.63) is 29.8 Å². The summed E-state index contributed by atoms with van der Waals surface area (Å²) in [6.07, 6.45) is 13.0. The standard InChI is InChI=1S/C18H24O/c1-3-15-5-7-16(8-6-15)9-10-17-11-13-18(14-12-17)19-4-2/h1,11-16H,4-10H2,2H3. The molecule has 1 fully saturated rings. The predicted octanol–water partition coefficient (Wildman–Crippen LogP) is 4.46. The van der Waals surface area contributed by atoms with Crippen molar-refractivity contribution >= 4 is 0 Å². The van der Waals surface area contributed by atoms with Crippen molar-refractivity contribution < 1.29 is 4.74 Å². The highest BCUT2D eigenvalue weighted by atomic mass is 16.5. The SMILES string of the molecule is C#CC1CCC(CCc2ccc(OCC)cc2)CC1. The van der Waals surface area contributed by atoms with Gasteiger partial charge in [0.05, 0.1) is 6.61 Å². The quantitative estimate of drug-likeness (QED) is 0.707. The molecular formula is C18H24O. The minimum Gasteiger partial charge on any atom is -0.494 e. The lowest BCUT2D eigenvalue weighted by molar-refractivity contribution is 0.302. The summed E-state index contributed by atoms with van der Waals surface area (Å²) < 4.78 is 5.46. The maximum atomic E-state index is 5.49. The summed E-state index contributed by atoms with van der Waals surface area (Å²) in [4.78, 5) is 0. The molecule has 0 amide bonds. The summed E-state index contributed by atoms with van der Waals surface area (Å²) in [6, 6.07) is 8.54. The van der Waals surface area contributed by atoms with Gasteiger partial charge in [-0.05, 0) is 69.1 Å². The van der Waals surface area contributed by atoms with Crippen LogP contribution in [0.2, 0.25) is 0 Å². The Morgan fingerprint density at radius 3 is 2.42 bits per heavy atom. The van der Waals surface area contributed by atoms with Gasteiger partial charge in [0.15, 0.2) is 0 Å². The highest BCUT2D eigenvalue weighted by molar-refractivity contribution is 5.27. The fraction of sp³-hybridized carbons (Fsp3) is 0.556. The Labute approximate surface area is 117 Å². The average molecular weight is 256 g/mol. The van der Waals surface area contributed by atoms with E-state index in [2.05, 4.69) is 30.2 Å². The van der Waals surface area contributed by atoms with Crippen molar-refractivity contribution in [2.24, 2.45) is 11.8 Å². The molecule has 0 spiro atoms. The minimum atomic E-state index is 0.543. The summed E-state index contributed by atoms with van der Waals surface area (Å²) in [6.45, 7) is 2.75. The van der Waals surface area contributed by atoms with E-state index in [1.165, 1.54) is 44.1 Å². The molecule has 1 aromatic carbocycles. The molecule has 1 heteroatoms. The molecule has 1 aliphatic rings. The molecular weight excluding hydrogens is 232 g/mol. The predicted molar refractivity (Wildman–Crippen MR) is 80.2 cm³/mol. The van der Waals surface area contributed by atoms with Crippen LogP contribution in [-0.2, 0) is 6.42 Å². The Morgan fingerprint density at radius 2 is 1.84 bits per heavy atom. The van der Waals surface area contributed by atoms with Gasteiger partial charge in [0.25, 0.3) is 0 Å². The zero-order valence-electron chi connectivity index (χ0n) is 11.9. The lowest BCUT2D eigenvalue weighted by Crippen LogP contribution is -2.13. The molecule has 0 radical (unpaired) electrons. The number of ether oxygens (including phenoxy) is 1. The maximum absolute atomic E-state index is 5.49. The summed E-state index contributed by atoms with van der Waals surface area (Å²) in [5, 5.41) is 0. The number of aryl methyl sites for hydroxylation is 1. The van der Waals surface area contributed by atoms with E-state index in [0.717, 1.165) is 18.3 Å². The number of rotatable bonds is 5. The zero-order chi connectivity index (χ0) is 13.5. The van der Waals surface area contributed by atoms with Gasteiger partial charge in [0.2, 0.25) is 0 Å². The van der Waals surface area contributed by atoms with Gasteiger partial charge >= 0.3 is 0 Å². The van der Waals surface area contributed by atoms with Crippen LogP contribution in [0.1, 0.15) is 44.6 Å². The molecule has 1 aromatic rings. The molecule has 1 saturated carbocycles. The van der Waals surface area contributed by atoms with E-state index < -0.39 is 0 Å². The minimum absolute atomic E-state index is 0.543. The van der Waals surface area contributed by atoms with E-state index in [4.69, 9.17) is 11.2 Å². The molecule has 19 heavy (non-hydrogen) atoms. The molecule has 0 atom stereocenters. The maximum Gasteiger partial charge on any atom is 0.119 e. The molecule has 1 nitrogen and oxygen atoms in total. The second-order valence-electron chi connectivity index (χ2n) is 5.50. The second kappa shape index (κ2) is 7.24. The zero-order valence-corrected chi connectivity index (χ0v) is 11.9. The van der Waals surface area contributed by atoms with Crippen LogP contribution in [-0.4, -0.2) is 6.61 Å². The van der Waals surface area contributed by atoms with Gasteiger partial charge in [0.1, 0.15) is 5.75 Å². The van der Waals surface area contributed by atoms with Gasteiger partial charge in [-0.2, -0.15) is 0 Å². The fourth-order valence-corrected chi connectivity index (χ4v) is 2.91. The van der Waals surface area contributed by atoms with Crippen LogP contribution >= 0.6 is 0 Å². The Kier molecular flexibility index (Phi) is 5.33. The van der Waals surface area contributed by atoms with E-state index in [1.54, 1.807) is 0 Å². The summed E-state index contributed by atoms with van der Waals surface area (Å²) in [5.41, 5.74) is 1.42. The van der Waals surface area contributed by atoms with Crippen LogP contribution in [0.3, 0.4) is 0 Å². The van der Waals surface area contributed by atoms with E-state index in [9.17, 15) is 0 Å². The third-order valence-electron chi connectivity index (χ3n) is 4.16. The topological polar surface area (TPSA) is 9.23 Å². The molecule has 102 valence electrons. The molecule has 0 aromatic heterocycles. The van der Waals surface area contributed by atoms with Crippen LogP contribution in [0, 0.1) is 24.2 Å². The number of benzene rings is 1. The van der Waals surface area contributed by atoms with Gasteiger partial charge in [-0.15, -0.1) is 12.3 Å². The molecule has 0 saturated heterocycles. The first-order valence-electron chi connectivity index (χ1n) is 7.49. The average Bonchev–Trinajstić information content (AvgIpc) is 2.47. The van der Waals surface area contributed by atoms with Crippen LogP contribution in [0.4, 0.5) is 0 Å². The fourth-order valence-electron chi connectivity index (χ4n) is 2.91. The van der Waals surface area contributed by atoms with Crippen molar-refractivity contribution in [1.82, 2.24) is 0 Å². The summed E-state index contributed by atoms with van der Waals surface area (Å²) >= 11 is 0. The molecule has 0 bridgehead atoms. The Morgan fingerprint density at radius 1 is 1.16 bits per heavy atom.